The van der Waals surface area contributed by atoms with Crippen LogP contribution in [0.4, 0.5) is 34.1 Å². The zero-order valence-electron chi connectivity index (χ0n) is 52.1. The van der Waals surface area contributed by atoms with Gasteiger partial charge in [0.05, 0.1) is 11.4 Å². The molecule has 0 spiro atoms. The highest BCUT2D eigenvalue weighted by Crippen LogP contribution is 2.55. The Balaban J connectivity index is 1.00. The van der Waals surface area contributed by atoms with Gasteiger partial charge >= 0.3 is 0 Å². The van der Waals surface area contributed by atoms with E-state index >= 15 is 0 Å². The summed E-state index contributed by atoms with van der Waals surface area (Å²) >= 11 is 0. The first-order chi connectivity index (χ1) is 45.8. The summed E-state index contributed by atoms with van der Waals surface area (Å²) in [5, 5.41) is 10.3. The molecule has 0 saturated heterocycles. The first-order valence-corrected chi connectivity index (χ1v) is 32.6. The van der Waals surface area contributed by atoms with E-state index in [0.29, 0.717) is 0 Å². The van der Waals surface area contributed by atoms with Gasteiger partial charge in [-0.05, 0) is 162 Å². The minimum Gasteiger partial charge on any atom is -0.310 e. The van der Waals surface area contributed by atoms with Gasteiger partial charge in [-0.2, -0.15) is 0 Å². The van der Waals surface area contributed by atoms with Gasteiger partial charge < -0.3 is 9.80 Å². The Kier molecular flexibility index (Phi) is 12.6. The third kappa shape index (κ3) is 8.87. The Bertz CT molecular complexity index is 5460. The number of benzene rings is 16. The van der Waals surface area contributed by atoms with Crippen molar-refractivity contribution in [3.63, 3.8) is 0 Å². The van der Waals surface area contributed by atoms with E-state index in [2.05, 4.69) is 358 Å². The highest BCUT2D eigenvalue weighted by atomic mass is 15.2. The topological polar surface area (TPSA) is 6.48 Å². The summed E-state index contributed by atoms with van der Waals surface area (Å²) in [7, 11) is 0. The lowest BCUT2D eigenvalue weighted by Gasteiger charge is -2.46. The lowest BCUT2D eigenvalue weighted by molar-refractivity contribution is 0.590. The van der Waals surface area contributed by atoms with E-state index in [1.54, 1.807) is 0 Å². The van der Waals surface area contributed by atoms with Gasteiger partial charge in [0.25, 0.3) is 6.71 Å². The third-order valence-electron chi connectivity index (χ3n) is 19.9. The van der Waals surface area contributed by atoms with Crippen LogP contribution in [0.1, 0.15) is 26.3 Å². The summed E-state index contributed by atoms with van der Waals surface area (Å²) in [4.78, 5) is 5.35. The number of anilines is 6. The predicted octanol–water partition coefficient (Wildman–Crippen LogP) is 22.8. The molecule has 0 amide bonds. The maximum Gasteiger partial charge on any atom is 0.252 e. The molecule has 0 aromatic heterocycles. The molecule has 0 aliphatic carbocycles. The summed E-state index contributed by atoms with van der Waals surface area (Å²) in [5.74, 6) is 0. The molecular weight excluding hydrogens is 1120 g/mol. The highest BCUT2D eigenvalue weighted by molar-refractivity contribution is 7.00. The lowest BCUT2D eigenvalue weighted by atomic mass is 9.33. The molecule has 0 saturated carbocycles. The third-order valence-corrected chi connectivity index (χ3v) is 19.9. The highest BCUT2D eigenvalue weighted by Gasteiger charge is 2.46. The average molecular weight is 1180 g/mol. The van der Waals surface area contributed by atoms with Crippen molar-refractivity contribution < 1.29 is 0 Å². The van der Waals surface area contributed by atoms with Crippen molar-refractivity contribution in [2.75, 3.05) is 9.80 Å². The van der Waals surface area contributed by atoms with Crippen LogP contribution in [0.15, 0.2) is 328 Å². The van der Waals surface area contributed by atoms with Crippen LogP contribution in [0, 0.1) is 0 Å². The number of hydrogen-bond donors (Lipinski definition) is 0. The first-order valence-electron chi connectivity index (χ1n) is 32.6. The van der Waals surface area contributed by atoms with Crippen LogP contribution in [-0.2, 0) is 5.41 Å². The summed E-state index contributed by atoms with van der Waals surface area (Å²) < 4.78 is 0. The fourth-order valence-electron chi connectivity index (χ4n) is 15.6. The molecule has 2 nitrogen and oxygen atoms in total. The molecule has 16 aromatic carbocycles. The summed E-state index contributed by atoms with van der Waals surface area (Å²) in [6.07, 6.45) is 0. The minimum atomic E-state index is -0.204. The fourth-order valence-corrected chi connectivity index (χ4v) is 15.6. The van der Waals surface area contributed by atoms with Gasteiger partial charge in [0, 0.05) is 45.0 Å². The number of para-hydroxylation sites is 2. The van der Waals surface area contributed by atoms with Crippen molar-refractivity contribution >= 4 is 100 Å². The van der Waals surface area contributed by atoms with Crippen molar-refractivity contribution in [3.8, 4) is 77.9 Å². The van der Waals surface area contributed by atoms with Gasteiger partial charge in [0.1, 0.15) is 0 Å². The molecule has 93 heavy (non-hydrogen) atoms. The molecule has 2 heterocycles. The summed E-state index contributed by atoms with van der Waals surface area (Å²) in [6.45, 7) is 6.71. The van der Waals surface area contributed by atoms with Crippen LogP contribution in [0.3, 0.4) is 0 Å². The first kappa shape index (κ1) is 54.4. The Morgan fingerprint density at radius 2 is 0.634 bits per heavy atom. The molecular formula is C90H63BN2. The normalized spacial score (nSPS) is 12.6. The second-order valence-electron chi connectivity index (χ2n) is 26.3. The van der Waals surface area contributed by atoms with Gasteiger partial charge in [0.15, 0.2) is 0 Å². The summed E-state index contributed by atoms with van der Waals surface area (Å²) in [6, 6.07) is 124. The molecule has 2 aliphatic rings. The SMILES string of the molecule is CC(C)(C)c1ccc(-c2cc3c4c(c2)N(c2c(-c5ccccc5)cccc2-c2ccccc2)c2cc(-c5cc6cccc7c8cccc9cccc(c(c5)c67)c98)ccc2B4c2cc(-c4ccccc4)ccc2N3c2c(-c3ccccc3)cccc2-c2ccccc2)cc1. The van der Waals surface area contributed by atoms with E-state index in [9.17, 15) is 0 Å². The monoisotopic (exact) mass is 1180 g/mol. The molecule has 2 aliphatic heterocycles. The molecule has 0 bridgehead atoms. The van der Waals surface area contributed by atoms with Gasteiger partial charge in [-0.15, -0.1) is 0 Å². The zero-order chi connectivity index (χ0) is 61.9. The fraction of sp³-hybridized carbons (Fsp3) is 0.0444. The molecule has 3 heteroatoms. The number of rotatable bonds is 9. The lowest BCUT2D eigenvalue weighted by Crippen LogP contribution is -2.61. The molecule has 18 rings (SSSR count). The van der Waals surface area contributed by atoms with Crippen molar-refractivity contribution in [1.29, 1.82) is 0 Å². The van der Waals surface area contributed by atoms with E-state index in [1.165, 1.54) is 81.7 Å². The van der Waals surface area contributed by atoms with Gasteiger partial charge in [-0.25, -0.2) is 0 Å². The Morgan fingerprint density at radius 3 is 1.14 bits per heavy atom. The predicted molar refractivity (Wildman–Crippen MR) is 398 cm³/mol. The molecule has 0 atom stereocenters. The van der Waals surface area contributed by atoms with E-state index in [1.807, 2.05) is 0 Å². The zero-order valence-corrected chi connectivity index (χ0v) is 52.1. The number of fused-ring (bicyclic) bond motifs is 6. The molecule has 16 aromatic rings. The van der Waals surface area contributed by atoms with Crippen LogP contribution in [-0.4, -0.2) is 6.71 Å². The van der Waals surface area contributed by atoms with Crippen LogP contribution in [0.5, 0.6) is 0 Å². The van der Waals surface area contributed by atoms with Crippen LogP contribution in [0.2, 0.25) is 0 Å². The van der Waals surface area contributed by atoms with Crippen molar-refractivity contribution in [2.24, 2.45) is 0 Å². The largest absolute Gasteiger partial charge is 0.310 e. The van der Waals surface area contributed by atoms with Crippen molar-refractivity contribution in [2.45, 2.75) is 26.2 Å². The van der Waals surface area contributed by atoms with Crippen LogP contribution in [0.25, 0.3) is 121 Å². The maximum atomic E-state index is 2.69. The van der Waals surface area contributed by atoms with E-state index in [4.69, 9.17) is 0 Å². The van der Waals surface area contributed by atoms with E-state index < -0.39 is 0 Å². The van der Waals surface area contributed by atoms with Crippen LogP contribution < -0.4 is 26.2 Å². The molecule has 436 valence electrons. The molecule has 0 unspecified atom stereocenters. The van der Waals surface area contributed by atoms with Crippen molar-refractivity contribution in [1.82, 2.24) is 0 Å². The van der Waals surface area contributed by atoms with E-state index in [0.717, 1.165) is 95.3 Å². The Morgan fingerprint density at radius 1 is 0.247 bits per heavy atom. The van der Waals surface area contributed by atoms with Gasteiger partial charge in [0.2, 0.25) is 0 Å². The quantitative estimate of drug-likeness (QED) is 0.0807. The van der Waals surface area contributed by atoms with E-state index in [-0.39, 0.29) is 12.1 Å². The minimum absolute atomic E-state index is 0.0300. The second kappa shape index (κ2) is 21.6. The number of nitrogens with zero attached hydrogens (tertiary/aromatic N) is 2. The smallest absolute Gasteiger partial charge is 0.252 e. The Labute approximate surface area is 544 Å². The van der Waals surface area contributed by atoms with Crippen LogP contribution >= 0.6 is 0 Å². The average Bonchev–Trinajstić information content (AvgIpc) is 0.698. The summed E-state index contributed by atoms with van der Waals surface area (Å²) in [5.41, 5.74) is 28.0. The number of hydrogen-bond acceptors (Lipinski definition) is 2. The second-order valence-corrected chi connectivity index (χ2v) is 26.3. The standard InChI is InChI=1S/C90H63BN2/c1-90(2,3)70-48-44-59(45-49-70)69-56-83-87-84(57-69)93(89-73(62-30-15-7-16-31-62)39-23-40-74(89)63-32-17-8-18-33-63)82-55-66(68-52-67-36-21-42-76-75-41-19-34-64-35-20-43-77(85(64)75)78(53-68)86(67)76)46-50-79(82)91(87)80-54-65(58-24-9-4-10-25-58)47-51-81(80)92(83)88-71(60-26-11-5-12-27-60)37-22-38-72(88)61-28-13-6-14-29-61/h4-57H,1-3H3. The maximum absolute atomic E-state index is 2.69. The molecule has 0 fully saturated rings. The Hall–Kier alpha value is -11.5. The molecule has 0 N–H and O–H groups in total. The molecule has 0 radical (unpaired) electrons. The van der Waals surface area contributed by atoms with Gasteiger partial charge in [-0.3, -0.25) is 0 Å². The van der Waals surface area contributed by atoms with Gasteiger partial charge in [-0.1, -0.05) is 312 Å². The van der Waals surface area contributed by atoms with Crippen molar-refractivity contribution in [3.05, 3.63) is 333 Å².